The van der Waals surface area contributed by atoms with E-state index in [4.69, 9.17) is 0 Å². The van der Waals surface area contributed by atoms with Crippen molar-refractivity contribution < 1.29 is 9.90 Å². The second kappa shape index (κ2) is 5.64. The summed E-state index contributed by atoms with van der Waals surface area (Å²) in [6.07, 6.45) is 2.60. The van der Waals surface area contributed by atoms with Crippen molar-refractivity contribution in [2.75, 3.05) is 19.6 Å². The fourth-order valence-electron chi connectivity index (χ4n) is 2.06. The molecule has 1 rings (SSSR count). The van der Waals surface area contributed by atoms with Crippen molar-refractivity contribution >= 4 is 5.91 Å². The normalized spacial score (nSPS) is 25.6. The SMILES string of the molecule is CCNC1CCCN(CC(C)(O)CC)C1=O. The van der Waals surface area contributed by atoms with E-state index in [1.807, 2.05) is 13.8 Å². The first-order valence-corrected chi connectivity index (χ1v) is 6.24. The van der Waals surface area contributed by atoms with E-state index in [1.54, 1.807) is 11.8 Å². The third-order valence-corrected chi connectivity index (χ3v) is 3.27. The van der Waals surface area contributed by atoms with Crippen LogP contribution < -0.4 is 5.32 Å². The number of hydrogen-bond donors (Lipinski definition) is 2. The third kappa shape index (κ3) is 3.46. The second-order valence-electron chi connectivity index (χ2n) is 4.86. The van der Waals surface area contributed by atoms with Gasteiger partial charge in [-0.15, -0.1) is 0 Å². The van der Waals surface area contributed by atoms with Crippen molar-refractivity contribution in [2.24, 2.45) is 0 Å². The van der Waals surface area contributed by atoms with E-state index in [-0.39, 0.29) is 11.9 Å². The summed E-state index contributed by atoms with van der Waals surface area (Å²) < 4.78 is 0. The summed E-state index contributed by atoms with van der Waals surface area (Å²) in [5.74, 6) is 0.141. The molecular formula is C12H24N2O2. The number of piperidine rings is 1. The molecule has 0 spiro atoms. The zero-order valence-corrected chi connectivity index (χ0v) is 10.6. The number of β-amino-alcohol motifs (C(OH)–C–C–N with tert-alkyl or cyclic N) is 1. The van der Waals surface area contributed by atoms with Crippen LogP contribution in [0.5, 0.6) is 0 Å². The molecule has 2 unspecified atom stereocenters. The molecule has 1 amide bonds. The molecule has 1 aliphatic rings. The quantitative estimate of drug-likeness (QED) is 0.730. The van der Waals surface area contributed by atoms with Crippen molar-refractivity contribution in [1.29, 1.82) is 0 Å². The molecule has 1 aliphatic heterocycles. The first-order chi connectivity index (χ1) is 7.50. The number of carbonyl (C=O) groups is 1. The maximum atomic E-state index is 12.1. The maximum absolute atomic E-state index is 12.1. The Labute approximate surface area is 98.0 Å². The van der Waals surface area contributed by atoms with Gasteiger partial charge in [-0.3, -0.25) is 4.79 Å². The Kier molecular flexibility index (Phi) is 4.74. The van der Waals surface area contributed by atoms with Crippen LogP contribution in [0.1, 0.15) is 40.0 Å². The minimum absolute atomic E-state index is 0.0496. The molecule has 1 saturated heterocycles. The van der Waals surface area contributed by atoms with E-state index >= 15 is 0 Å². The number of nitrogens with zero attached hydrogens (tertiary/aromatic N) is 1. The first kappa shape index (κ1) is 13.5. The highest BCUT2D eigenvalue weighted by Crippen LogP contribution is 2.17. The summed E-state index contributed by atoms with van der Waals surface area (Å²) >= 11 is 0. The van der Waals surface area contributed by atoms with Crippen LogP contribution in [0.15, 0.2) is 0 Å². The van der Waals surface area contributed by atoms with E-state index in [0.29, 0.717) is 13.0 Å². The van der Waals surface area contributed by atoms with Gasteiger partial charge in [0.1, 0.15) is 0 Å². The maximum Gasteiger partial charge on any atom is 0.239 e. The summed E-state index contributed by atoms with van der Waals surface area (Å²) in [4.78, 5) is 13.9. The number of nitrogens with one attached hydrogen (secondary N) is 1. The van der Waals surface area contributed by atoms with Gasteiger partial charge in [0.15, 0.2) is 0 Å². The number of likely N-dealkylation sites (tertiary alicyclic amines) is 1. The lowest BCUT2D eigenvalue weighted by atomic mass is 9.99. The Hall–Kier alpha value is -0.610. The number of amides is 1. The standard InChI is InChI=1S/C12H24N2O2/c1-4-12(3,16)9-14-8-6-7-10(11(14)15)13-5-2/h10,13,16H,4-9H2,1-3H3. The van der Waals surface area contributed by atoms with Gasteiger partial charge in [0.25, 0.3) is 0 Å². The lowest BCUT2D eigenvalue weighted by molar-refractivity contribution is -0.139. The molecule has 0 bridgehead atoms. The summed E-state index contributed by atoms with van der Waals surface area (Å²) in [5, 5.41) is 13.2. The van der Waals surface area contributed by atoms with Crippen LogP contribution >= 0.6 is 0 Å². The first-order valence-electron chi connectivity index (χ1n) is 6.24. The van der Waals surface area contributed by atoms with Gasteiger partial charge < -0.3 is 15.3 Å². The van der Waals surface area contributed by atoms with Crippen LogP contribution in [-0.4, -0.2) is 47.2 Å². The average Bonchev–Trinajstić information content (AvgIpc) is 2.24. The monoisotopic (exact) mass is 228 g/mol. The largest absolute Gasteiger partial charge is 0.388 e. The van der Waals surface area contributed by atoms with E-state index in [9.17, 15) is 9.90 Å². The van der Waals surface area contributed by atoms with Crippen molar-refractivity contribution in [3.05, 3.63) is 0 Å². The van der Waals surface area contributed by atoms with Gasteiger partial charge in [-0.1, -0.05) is 13.8 Å². The van der Waals surface area contributed by atoms with Crippen LogP contribution in [0.25, 0.3) is 0 Å². The molecule has 16 heavy (non-hydrogen) atoms. The summed E-state index contributed by atoms with van der Waals surface area (Å²) in [5.41, 5.74) is -0.760. The minimum Gasteiger partial charge on any atom is -0.388 e. The minimum atomic E-state index is -0.760. The molecule has 2 atom stereocenters. The van der Waals surface area contributed by atoms with E-state index < -0.39 is 5.60 Å². The topological polar surface area (TPSA) is 52.6 Å². The Morgan fingerprint density at radius 1 is 1.56 bits per heavy atom. The van der Waals surface area contributed by atoms with Crippen molar-refractivity contribution in [1.82, 2.24) is 10.2 Å². The Bertz CT molecular complexity index is 239. The average molecular weight is 228 g/mol. The molecule has 0 aromatic heterocycles. The third-order valence-electron chi connectivity index (χ3n) is 3.27. The van der Waals surface area contributed by atoms with E-state index in [2.05, 4.69) is 5.32 Å². The molecule has 0 aromatic rings. The van der Waals surface area contributed by atoms with Gasteiger partial charge in [-0.2, -0.15) is 0 Å². The van der Waals surface area contributed by atoms with Crippen LogP contribution in [0.4, 0.5) is 0 Å². The number of aliphatic hydroxyl groups is 1. The molecule has 94 valence electrons. The fourth-order valence-corrected chi connectivity index (χ4v) is 2.06. The predicted octanol–water partition coefficient (Wildman–Crippen LogP) is 0.748. The summed E-state index contributed by atoms with van der Waals surface area (Å²) in [6, 6.07) is -0.0496. The Balaban J connectivity index is 2.57. The number of hydrogen-bond acceptors (Lipinski definition) is 3. The van der Waals surface area contributed by atoms with E-state index in [0.717, 1.165) is 25.9 Å². The molecule has 4 heteroatoms. The van der Waals surface area contributed by atoms with Crippen molar-refractivity contribution in [3.63, 3.8) is 0 Å². The number of carbonyl (C=O) groups excluding carboxylic acids is 1. The predicted molar refractivity (Wildman–Crippen MR) is 64.2 cm³/mol. The van der Waals surface area contributed by atoms with Gasteiger partial charge in [0, 0.05) is 13.1 Å². The molecule has 0 aromatic carbocycles. The molecule has 0 saturated carbocycles. The smallest absolute Gasteiger partial charge is 0.239 e. The highest BCUT2D eigenvalue weighted by molar-refractivity contribution is 5.82. The highest BCUT2D eigenvalue weighted by atomic mass is 16.3. The summed E-state index contributed by atoms with van der Waals surface area (Å²) in [7, 11) is 0. The van der Waals surface area contributed by atoms with Crippen molar-refractivity contribution in [3.8, 4) is 0 Å². The van der Waals surface area contributed by atoms with Crippen LogP contribution in [0, 0.1) is 0 Å². The molecule has 1 heterocycles. The van der Waals surface area contributed by atoms with Crippen molar-refractivity contribution in [2.45, 2.75) is 51.7 Å². The van der Waals surface area contributed by atoms with Gasteiger partial charge in [-0.25, -0.2) is 0 Å². The highest BCUT2D eigenvalue weighted by Gasteiger charge is 2.31. The van der Waals surface area contributed by atoms with E-state index in [1.165, 1.54) is 0 Å². The number of rotatable bonds is 5. The molecule has 2 N–H and O–H groups in total. The molecule has 1 fully saturated rings. The van der Waals surface area contributed by atoms with Gasteiger partial charge >= 0.3 is 0 Å². The van der Waals surface area contributed by atoms with Crippen LogP contribution in [0.2, 0.25) is 0 Å². The second-order valence-corrected chi connectivity index (χ2v) is 4.86. The molecular weight excluding hydrogens is 204 g/mol. The van der Waals surface area contributed by atoms with Gasteiger partial charge in [-0.05, 0) is 32.7 Å². The molecule has 4 nitrogen and oxygen atoms in total. The fraction of sp³-hybridized carbons (Fsp3) is 0.917. The molecule has 0 aliphatic carbocycles. The number of likely N-dealkylation sites (N-methyl/N-ethyl adjacent to an activating group) is 1. The van der Waals surface area contributed by atoms with Crippen LogP contribution in [0.3, 0.4) is 0 Å². The zero-order valence-electron chi connectivity index (χ0n) is 10.6. The Morgan fingerprint density at radius 2 is 2.25 bits per heavy atom. The van der Waals surface area contributed by atoms with Gasteiger partial charge in [0.05, 0.1) is 11.6 Å². The summed E-state index contributed by atoms with van der Waals surface area (Å²) in [6.45, 7) is 7.78. The van der Waals surface area contributed by atoms with Crippen LogP contribution in [-0.2, 0) is 4.79 Å². The van der Waals surface area contributed by atoms with Gasteiger partial charge in [0.2, 0.25) is 5.91 Å². The zero-order chi connectivity index (χ0) is 12.2. The molecule has 0 radical (unpaired) electrons. The lowest BCUT2D eigenvalue weighted by Crippen LogP contribution is -2.54. The Morgan fingerprint density at radius 3 is 2.81 bits per heavy atom. The lowest BCUT2D eigenvalue weighted by Gasteiger charge is -2.36.